The molecule has 0 unspecified atom stereocenters. The van der Waals surface area contributed by atoms with Gasteiger partial charge in [-0.2, -0.15) is 0 Å². The van der Waals surface area contributed by atoms with Gasteiger partial charge in [-0.05, 0) is 36.4 Å². The van der Waals surface area contributed by atoms with Crippen LogP contribution in [-0.2, 0) is 7.05 Å². The van der Waals surface area contributed by atoms with Crippen LogP contribution in [0.4, 0.5) is 0 Å². The first-order valence-corrected chi connectivity index (χ1v) is 7.78. The summed E-state index contributed by atoms with van der Waals surface area (Å²) in [4.78, 5) is 12.2. The number of nitrogens with zero attached hydrogens (tertiary/aromatic N) is 1. The largest absolute Gasteiger partial charge is 0.493 e. The maximum absolute atomic E-state index is 12.2. The molecule has 0 saturated carbocycles. The molecule has 0 aliphatic carbocycles. The summed E-state index contributed by atoms with van der Waals surface area (Å²) < 4.78 is 12.9. The van der Waals surface area contributed by atoms with Crippen LogP contribution in [0.2, 0.25) is 0 Å². The third kappa shape index (κ3) is 3.35. The van der Waals surface area contributed by atoms with Gasteiger partial charge in [-0.1, -0.05) is 12.1 Å². The molecule has 0 spiro atoms. The van der Waals surface area contributed by atoms with E-state index in [9.17, 15) is 4.79 Å². The highest BCUT2D eigenvalue weighted by atomic mass is 16.5. The number of amides is 1. The van der Waals surface area contributed by atoms with E-state index >= 15 is 0 Å². The lowest BCUT2D eigenvalue weighted by Gasteiger charge is -2.11. The maximum atomic E-state index is 12.2. The Kier molecular flexibility index (Phi) is 4.70. The van der Waals surface area contributed by atoms with Crippen molar-refractivity contribution in [3.63, 3.8) is 0 Å². The van der Waals surface area contributed by atoms with Crippen molar-refractivity contribution in [2.24, 2.45) is 7.05 Å². The second-order valence-corrected chi connectivity index (χ2v) is 5.46. The molecule has 0 fully saturated rings. The van der Waals surface area contributed by atoms with E-state index in [-0.39, 0.29) is 5.91 Å². The first-order valence-electron chi connectivity index (χ1n) is 7.78. The lowest BCUT2D eigenvalue weighted by atomic mass is 10.1. The quantitative estimate of drug-likeness (QED) is 0.709. The van der Waals surface area contributed by atoms with Gasteiger partial charge in [0.1, 0.15) is 6.61 Å². The van der Waals surface area contributed by atoms with Crippen molar-refractivity contribution in [1.82, 2.24) is 9.88 Å². The van der Waals surface area contributed by atoms with Crippen molar-refractivity contribution in [1.29, 1.82) is 0 Å². The number of aryl methyl sites for hydroxylation is 1. The Morgan fingerprint density at radius 2 is 1.92 bits per heavy atom. The molecule has 24 heavy (non-hydrogen) atoms. The number of rotatable bonds is 6. The van der Waals surface area contributed by atoms with E-state index in [2.05, 4.69) is 5.32 Å². The fourth-order valence-electron chi connectivity index (χ4n) is 2.59. The number of carbonyl (C=O) groups excluding carboxylic acids is 1. The van der Waals surface area contributed by atoms with Crippen LogP contribution in [0, 0.1) is 0 Å². The van der Waals surface area contributed by atoms with Crippen LogP contribution < -0.4 is 14.8 Å². The molecule has 5 nitrogen and oxygen atoms in total. The Morgan fingerprint density at radius 3 is 2.71 bits per heavy atom. The van der Waals surface area contributed by atoms with Gasteiger partial charge in [0.2, 0.25) is 0 Å². The van der Waals surface area contributed by atoms with Gasteiger partial charge in [-0.3, -0.25) is 4.79 Å². The molecule has 1 N–H and O–H groups in total. The van der Waals surface area contributed by atoms with Crippen molar-refractivity contribution in [3.05, 3.63) is 60.3 Å². The van der Waals surface area contributed by atoms with Gasteiger partial charge >= 0.3 is 0 Å². The molecule has 0 radical (unpaired) electrons. The zero-order valence-electron chi connectivity index (χ0n) is 13.8. The van der Waals surface area contributed by atoms with Gasteiger partial charge in [0.15, 0.2) is 11.5 Å². The van der Waals surface area contributed by atoms with Crippen LogP contribution >= 0.6 is 0 Å². The average Bonchev–Trinajstić information content (AvgIpc) is 2.99. The second kappa shape index (κ2) is 7.08. The molecular formula is C19H20N2O3. The molecule has 3 rings (SSSR count). The Morgan fingerprint density at radius 1 is 1.12 bits per heavy atom. The minimum absolute atomic E-state index is 0.107. The number of aromatic nitrogens is 1. The summed E-state index contributed by atoms with van der Waals surface area (Å²) in [6, 6.07) is 15.1. The average molecular weight is 324 g/mol. The van der Waals surface area contributed by atoms with Crippen LogP contribution in [0.5, 0.6) is 11.5 Å². The maximum Gasteiger partial charge on any atom is 0.251 e. The standard InChI is InChI=1S/C19H20N2O3/c1-21-11-9-14-13-15(7-8-16(14)21)19(22)20-10-12-24-18-6-4-3-5-17(18)23-2/h3-9,11,13H,10,12H2,1-2H3,(H,20,22). The highest BCUT2D eigenvalue weighted by Gasteiger charge is 2.08. The molecular weight excluding hydrogens is 304 g/mol. The lowest BCUT2D eigenvalue weighted by Crippen LogP contribution is -2.28. The molecule has 3 aromatic rings. The first-order chi connectivity index (χ1) is 11.7. The van der Waals surface area contributed by atoms with Crippen LogP contribution in [0.25, 0.3) is 10.9 Å². The Labute approximate surface area is 140 Å². The van der Waals surface area contributed by atoms with Gasteiger partial charge in [0.05, 0.1) is 13.7 Å². The predicted octanol–water partition coefficient (Wildman–Crippen LogP) is 3.00. The minimum Gasteiger partial charge on any atom is -0.493 e. The van der Waals surface area contributed by atoms with Crippen molar-refractivity contribution < 1.29 is 14.3 Å². The van der Waals surface area contributed by atoms with Crippen LogP contribution in [0.3, 0.4) is 0 Å². The third-order valence-corrected chi connectivity index (χ3v) is 3.86. The molecule has 0 aliphatic rings. The highest BCUT2D eigenvalue weighted by molar-refractivity contribution is 5.98. The topological polar surface area (TPSA) is 52.5 Å². The zero-order chi connectivity index (χ0) is 16.9. The van der Waals surface area contributed by atoms with E-state index < -0.39 is 0 Å². The summed E-state index contributed by atoms with van der Waals surface area (Å²) in [5.74, 6) is 1.24. The molecule has 124 valence electrons. The van der Waals surface area contributed by atoms with Crippen molar-refractivity contribution in [2.75, 3.05) is 20.3 Å². The number of hydrogen-bond donors (Lipinski definition) is 1. The van der Waals surface area contributed by atoms with E-state index in [1.807, 2.05) is 66.3 Å². The summed E-state index contributed by atoms with van der Waals surface area (Å²) in [6.45, 7) is 0.795. The number of nitrogens with one attached hydrogen (secondary N) is 1. The summed E-state index contributed by atoms with van der Waals surface area (Å²) in [7, 11) is 3.58. The van der Waals surface area contributed by atoms with Crippen LogP contribution in [0.1, 0.15) is 10.4 Å². The highest BCUT2D eigenvalue weighted by Crippen LogP contribution is 2.25. The lowest BCUT2D eigenvalue weighted by molar-refractivity contribution is 0.0947. The molecule has 0 atom stereocenters. The zero-order valence-corrected chi connectivity index (χ0v) is 13.8. The number of carbonyl (C=O) groups is 1. The summed E-state index contributed by atoms with van der Waals surface area (Å²) in [5, 5.41) is 3.92. The van der Waals surface area contributed by atoms with Gasteiger partial charge in [0, 0.05) is 29.7 Å². The molecule has 2 aromatic carbocycles. The Balaban J connectivity index is 1.55. The summed E-state index contributed by atoms with van der Waals surface area (Å²) in [5.41, 5.74) is 1.75. The third-order valence-electron chi connectivity index (χ3n) is 3.86. The van der Waals surface area contributed by atoms with E-state index in [1.165, 1.54) is 0 Å². The summed E-state index contributed by atoms with van der Waals surface area (Å²) >= 11 is 0. The minimum atomic E-state index is -0.107. The Bertz CT molecular complexity index is 855. The predicted molar refractivity (Wildman–Crippen MR) is 93.7 cm³/mol. The number of hydrogen-bond acceptors (Lipinski definition) is 3. The molecule has 1 heterocycles. The molecule has 1 aromatic heterocycles. The monoisotopic (exact) mass is 324 g/mol. The SMILES string of the molecule is COc1ccccc1OCCNC(=O)c1ccc2c(ccn2C)c1. The van der Waals surface area contributed by atoms with E-state index in [1.54, 1.807) is 7.11 Å². The van der Waals surface area contributed by atoms with Gasteiger partial charge in [-0.25, -0.2) is 0 Å². The molecule has 5 heteroatoms. The van der Waals surface area contributed by atoms with Crippen molar-refractivity contribution in [3.8, 4) is 11.5 Å². The van der Waals surface area contributed by atoms with Crippen LogP contribution in [0.15, 0.2) is 54.7 Å². The smallest absolute Gasteiger partial charge is 0.251 e. The molecule has 0 saturated heterocycles. The Hall–Kier alpha value is -2.95. The van der Waals surface area contributed by atoms with Gasteiger partial charge in [-0.15, -0.1) is 0 Å². The van der Waals surface area contributed by atoms with E-state index in [0.29, 0.717) is 30.2 Å². The number of benzene rings is 2. The van der Waals surface area contributed by atoms with Gasteiger partial charge < -0.3 is 19.4 Å². The molecule has 0 aliphatic heterocycles. The number of para-hydroxylation sites is 2. The second-order valence-electron chi connectivity index (χ2n) is 5.46. The molecule has 1 amide bonds. The van der Waals surface area contributed by atoms with E-state index in [0.717, 1.165) is 10.9 Å². The molecule has 0 bridgehead atoms. The fourth-order valence-corrected chi connectivity index (χ4v) is 2.59. The number of methoxy groups -OCH3 is 1. The first kappa shape index (κ1) is 15.9. The number of ether oxygens (including phenoxy) is 2. The van der Waals surface area contributed by atoms with Crippen LogP contribution in [-0.4, -0.2) is 30.7 Å². The van der Waals surface area contributed by atoms with Gasteiger partial charge in [0.25, 0.3) is 5.91 Å². The number of fused-ring (bicyclic) bond motifs is 1. The normalized spacial score (nSPS) is 10.6. The van der Waals surface area contributed by atoms with Crippen molar-refractivity contribution >= 4 is 16.8 Å². The fraction of sp³-hybridized carbons (Fsp3) is 0.211. The summed E-state index contributed by atoms with van der Waals surface area (Å²) in [6.07, 6.45) is 1.98. The van der Waals surface area contributed by atoms with Crippen molar-refractivity contribution in [2.45, 2.75) is 0 Å². The van der Waals surface area contributed by atoms with E-state index in [4.69, 9.17) is 9.47 Å².